The van der Waals surface area contributed by atoms with E-state index in [0.717, 1.165) is 21.5 Å². The second kappa shape index (κ2) is 8.07. The highest BCUT2D eigenvalue weighted by Crippen LogP contribution is 2.36. The summed E-state index contributed by atoms with van der Waals surface area (Å²) in [5.74, 6) is 0.920. The van der Waals surface area contributed by atoms with Gasteiger partial charge in [0.15, 0.2) is 11.5 Å². The van der Waals surface area contributed by atoms with Crippen LogP contribution in [0.1, 0.15) is 17.5 Å². The Balaban J connectivity index is 2.10. The second-order valence-corrected chi connectivity index (χ2v) is 6.33. The molecule has 1 heterocycles. The van der Waals surface area contributed by atoms with Crippen molar-refractivity contribution in [3.05, 3.63) is 33.3 Å². The number of hydrogen-bond acceptors (Lipinski definition) is 6. The number of aryl methyl sites for hydroxylation is 1. The molecular formula is C15H16BrN3O3S. The van der Waals surface area contributed by atoms with Gasteiger partial charge in [-0.25, -0.2) is 0 Å². The van der Waals surface area contributed by atoms with Gasteiger partial charge in [-0.15, -0.1) is 10.2 Å². The summed E-state index contributed by atoms with van der Waals surface area (Å²) in [4.78, 5) is 11.9. The van der Waals surface area contributed by atoms with Crippen LogP contribution in [0.2, 0.25) is 0 Å². The minimum Gasteiger partial charge on any atom is -0.493 e. The summed E-state index contributed by atoms with van der Waals surface area (Å²) in [7, 11) is 3.13. The van der Waals surface area contributed by atoms with E-state index < -0.39 is 0 Å². The Morgan fingerprint density at radius 2 is 2.13 bits per heavy atom. The fraction of sp³-hybridized carbons (Fsp3) is 0.267. The van der Waals surface area contributed by atoms with Crippen molar-refractivity contribution in [3.8, 4) is 11.5 Å². The van der Waals surface area contributed by atoms with E-state index in [0.29, 0.717) is 16.6 Å². The lowest BCUT2D eigenvalue weighted by Crippen LogP contribution is -2.07. The van der Waals surface area contributed by atoms with Crippen molar-refractivity contribution in [1.29, 1.82) is 0 Å². The summed E-state index contributed by atoms with van der Waals surface area (Å²) in [6, 6.07) is 3.62. The van der Waals surface area contributed by atoms with Crippen LogP contribution in [0.5, 0.6) is 11.5 Å². The van der Waals surface area contributed by atoms with Crippen LogP contribution in [0.25, 0.3) is 6.08 Å². The molecule has 0 unspecified atom stereocenters. The zero-order valence-corrected chi connectivity index (χ0v) is 15.3. The molecule has 6 nitrogen and oxygen atoms in total. The zero-order valence-electron chi connectivity index (χ0n) is 12.9. The first kappa shape index (κ1) is 17.4. The smallest absolute Gasteiger partial charge is 0.250 e. The Morgan fingerprint density at radius 3 is 2.74 bits per heavy atom. The number of anilines is 1. The van der Waals surface area contributed by atoms with Gasteiger partial charge in [0.1, 0.15) is 5.01 Å². The van der Waals surface area contributed by atoms with Crippen molar-refractivity contribution in [2.75, 3.05) is 19.5 Å². The Morgan fingerprint density at radius 1 is 1.35 bits per heavy atom. The van der Waals surface area contributed by atoms with Gasteiger partial charge in [0.05, 0.1) is 18.7 Å². The van der Waals surface area contributed by atoms with E-state index in [4.69, 9.17) is 9.47 Å². The molecule has 0 aliphatic heterocycles. The van der Waals surface area contributed by atoms with Gasteiger partial charge in [0, 0.05) is 6.08 Å². The third kappa shape index (κ3) is 4.52. The standard InChI is InChI=1S/C15H16BrN3O3S/c1-4-13-18-19-15(23-13)17-12(20)6-5-9-7-10(16)14(22-3)11(8-9)21-2/h5-8H,4H2,1-3H3,(H,17,19,20)/b6-5+. The number of carbonyl (C=O) groups excluding carboxylic acids is 1. The highest BCUT2D eigenvalue weighted by Gasteiger charge is 2.10. The van der Waals surface area contributed by atoms with Crippen LogP contribution in [0.4, 0.5) is 5.13 Å². The molecule has 23 heavy (non-hydrogen) atoms. The zero-order chi connectivity index (χ0) is 16.8. The van der Waals surface area contributed by atoms with E-state index in [1.165, 1.54) is 17.4 Å². The Kier molecular flexibility index (Phi) is 6.12. The molecule has 0 saturated heterocycles. The third-order valence-electron chi connectivity index (χ3n) is 2.88. The molecule has 1 amide bonds. The summed E-state index contributed by atoms with van der Waals surface area (Å²) < 4.78 is 11.3. The van der Waals surface area contributed by atoms with Crippen molar-refractivity contribution in [2.24, 2.45) is 0 Å². The van der Waals surface area contributed by atoms with E-state index in [1.54, 1.807) is 26.4 Å². The topological polar surface area (TPSA) is 73.3 Å². The van der Waals surface area contributed by atoms with Crippen molar-refractivity contribution in [1.82, 2.24) is 10.2 Å². The van der Waals surface area contributed by atoms with Crippen LogP contribution in [0.3, 0.4) is 0 Å². The summed E-state index contributed by atoms with van der Waals surface area (Å²) in [6.07, 6.45) is 3.91. The highest BCUT2D eigenvalue weighted by molar-refractivity contribution is 9.10. The number of rotatable bonds is 6. The van der Waals surface area contributed by atoms with Crippen LogP contribution in [-0.2, 0) is 11.2 Å². The van der Waals surface area contributed by atoms with Crippen molar-refractivity contribution >= 4 is 44.4 Å². The molecule has 1 aromatic carbocycles. The maximum absolute atomic E-state index is 11.9. The molecule has 0 atom stereocenters. The minimum absolute atomic E-state index is 0.269. The number of nitrogens with zero attached hydrogens (tertiary/aromatic N) is 2. The summed E-state index contributed by atoms with van der Waals surface area (Å²) in [5, 5.41) is 11.9. The maximum Gasteiger partial charge on any atom is 0.250 e. The molecule has 0 bridgehead atoms. The average molecular weight is 398 g/mol. The molecule has 1 N–H and O–H groups in total. The number of carbonyl (C=O) groups is 1. The van der Waals surface area contributed by atoms with Gasteiger partial charge in [-0.2, -0.15) is 0 Å². The molecule has 122 valence electrons. The largest absolute Gasteiger partial charge is 0.493 e. The third-order valence-corrected chi connectivity index (χ3v) is 4.45. The normalized spacial score (nSPS) is 10.8. The fourth-order valence-corrected chi connectivity index (χ4v) is 3.10. The molecule has 0 aliphatic carbocycles. The average Bonchev–Trinajstić information content (AvgIpc) is 2.99. The van der Waals surface area contributed by atoms with Crippen molar-refractivity contribution < 1.29 is 14.3 Å². The predicted octanol–water partition coefficient (Wildman–Crippen LogP) is 3.53. The van der Waals surface area contributed by atoms with Crippen LogP contribution in [0.15, 0.2) is 22.7 Å². The SMILES string of the molecule is CCc1nnc(NC(=O)/C=C/c2cc(Br)c(OC)c(OC)c2)s1. The van der Waals surface area contributed by atoms with E-state index in [-0.39, 0.29) is 5.91 Å². The van der Waals surface area contributed by atoms with Gasteiger partial charge in [-0.05, 0) is 46.1 Å². The summed E-state index contributed by atoms with van der Waals surface area (Å²) in [6.45, 7) is 1.99. The lowest BCUT2D eigenvalue weighted by atomic mass is 10.2. The second-order valence-electron chi connectivity index (χ2n) is 4.42. The Hall–Kier alpha value is -1.93. The first-order chi connectivity index (χ1) is 11.1. The first-order valence-corrected chi connectivity index (χ1v) is 8.41. The first-order valence-electron chi connectivity index (χ1n) is 6.80. The van der Waals surface area contributed by atoms with E-state index in [2.05, 4.69) is 31.4 Å². The van der Waals surface area contributed by atoms with Crippen LogP contribution in [0, 0.1) is 0 Å². The van der Waals surface area contributed by atoms with Gasteiger partial charge < -0.3 is 9.47 Å². The molecule has 0 spiro atoms. The number of aromatic nitrogens is 2. The molecule has 8 heteroatoms. The predicted molar refractivity (Wildman–Crippen MR) is 94.2 cm³/mol. The van der Waals surface area contributed by atoms with Gasteiger partial charge in [-0.3, -0.25) is 10.1 Å². The van der Waals surface area contributed by atoms with Crippen LogP contribution in [-0.4, -0.2) is 30.3 Å². The van der Waals surface area contributed by atoms with E-state index in [1.807, 2.05) is 13.0 Å². The number of hydrogen-bond donors (Lipinski definition) is 1. The number of methoxy groups -OCH3 is 2. The lowest BCUT2D eigenvalue weighted by Gasteiger charge is -2.10. The molecule has 0 radical (unpaired) electrons. The van der Waals surface area contributed by atoms with Gasteiger partial charge >= 0.3 is 0 Å². The number of nitrogens with one attached hydrogen (secondary N) is 1. The van der Waals surface area contributed by atoms with E-state index >= 15 is 0 Å². The van der Waals surface area contributed by atoms with Crippen LogP contribution >= 0.6 is 27.3 Å². The van der Waals surface area contributed by atoms with Crippen molar-refractivity contribution in [2.45, 2.75) is 13.3 Å². The number of amides is 1. The Labute approximate surface area is 146 Å². The van der Waals surface area contributed by atoms with Gasteiger partial charge in [0.25, 0.3) is 0 Å². The number of halogens is 1. The van der Waals surface area contributed by atoms with Crippen molar-refractivity contribution in [3.63, 3.8) is 0 Å². The fourth-order valence-electron chi connectivity index (χ4n) is 1.80. The number of benzene rings is 1. The number of ether oxygens (including phenoxy) is 2. The summed E-state index contributed by atoms with van der Waals surface area (Å²) >= 11 is 4.78. The summed E-state index contributed by atoms with van der Waals surface area (Å²) in [5.41, 5.74) is 0.802. The molecule has 0 fully saturated rings. The lowest BCUT2D eigenvalue weighted by molar-refractivity contribution is -0.111. The highest BCUT2D eigenvalue weighted by atomic mass is 79.9. The van der Waals surface area contributed by atoms with Crippen LogP contribution < -0.4 is 14.8 Å². The molecule has 2 rings (SSSR count). The maximum atomic E-state index is 11.9. The molecule has 0 saturated carbocycles. The molecular weight excluding hydrogens is 382 g/mol. The molecule has 0 aliphatic rings. The van der Waals surface area contributed by atoms with E-state index in [9.17, 15) is 4.79 Å². The minimum atomic E-state index is -0.269. The molecule has 1 aromatic heterocycles. The quantitative estimate of drug-likeness (QED) is 0.754. The Bertz CT molecular complexity index is 731. The van der Waals surface area contributed by atoms with Gasteiger partial charge in [-0.1, -0.05) is 18.3 Å². The van der Waals surface area contributed by atoms with Gasteiger partial charge in [0.2, 0.25) is 11.0 Å². The monoisotopic (exact) mass is 397 g/mol. The molecule has 2 aromatic rings.